The van der Waals surface area contributed by atoms with Gasteiger partial charge in [-0.15, -0.1) is 11.3 Å². The van der Waals surface area contributed by atoms with Gasteiger partial charge in [0.2, 0.25) is 11.8 Å². The minimum atomic E-state index is -3.12. The summed E-state index contributed by atoms with van der Waals surface area (Å²) in [6.45, 7) is -2.02. The Kier molecular flexibility index (Phi) is 11.8. The Balaban J connectivity index is 1.08. The molecule has 0 unspecified atom stereocenters. The van der Waals surface area contributed by atoms with Gasteiger partial charge in [0.1, 0.15) is 16.2 Å². The number of halogens is 4. The summed E-state index contributed by atoms with van der Waals surface area (Å²) in [4.78, 5) is 41.0. The lowest BCUT2D eigenvalue weighted by Crippen LogP contribution is -2.35. The van der Waals surface area contributed by atoms with Crippen LogP contribution in [0.1, 0.15) is 49.2 Å². The lowest BCUT2D eigenvalue weighted by Gasteiger charge is -2.26. The Labute approximate surface area is 323 Å². The molecule has 7 rings (SSSR count). The van der Waals surface area contributed by atoms with Crippen LogP contribution in [0.15, 0.2) is 54.9 Å². The van der Waals surface area contributed by atoms with Crippen molar-refractivity contribution in [1.29, 1.82) is 0 Å². The molecule has 0 bridgehead atoms. The fraction of sp³-hybridized carbons (Fsp3) is 0.351. The van der Waals surface area contributed by atoms with Gasteiger partial charge < -0.3 is 31.1 Å². The molecule has 1 aliphatic carbocycles. The SMILES string of the molecule is O=C1CC[C@@H](CNCc2ncc(-c3cccc(-c4cccc(Nc5nccc6sc(CN[C@H]7CC[C@H](C(=O)O)CC7)nc56)c4Cl)c3Cl)nc2OC(F)F)N1. The summed E-state index contributed by atoms with van der Waals surface area (Å²) >= 11 is 15.6. The minimum absolute atomic E-state index is 0.0179. The molecular weight excluding hydrogens is 761 g/mol. The Morgan fingerprint density at radius 1 is 0.981 bits per heavy atom. The van der Waals surface area contributed by atoms with Crippen LogP contribution in [0.25, 0.3) is 32.6 Å². The smallest absolute Gasteiger partial charge is 0.388 e. The van der Waals surface area contributed by atoms with Crippen LogP contribution >= 0.6 is 34.5 Å². The van der Waals surface area contributed by atoms with Crippen LogP contribution in [0.2, 0.25) is 10.0 Å². The van der Waals surface area contributed by atoms with Gasteiger partial charge in [-0.05, 0) is 44.2 Å². The number of carboxylic acid groups (broad SMARTS) is 1. The zero-order valence-corrected chi connectivity index (χ0v) is 31.1. The van der Waals surface area contributed by atoms with Crippen LogP contribution < -0.4 is 26.0 Å². The highest BCUT2D eigenvalue weighted by Crippen LogP contribution is 2.42. The van der Waals surface area contributed by atoms with Crippen molar-refractivity contribution in [2.45, 2.75) is 70.3 Å². The maximum absolute atomic E-state index is 13.4. The number of aliphatic carboxylic acids is 1. The number of aromatic nitrogens is 4. The zero-order valence-electron chi connectivity index (χ0n) is 28.8. The number of carbonyl (C=O) groups excluding carboxylic acids is 1. The quantitative estimate of drug-likeness (QED) is 0.0754. The number of ether oxygens (including phenoxy) is 1. The number of hydrogen-bond acceptors (Lipinski definition) is 11. The molecule has 4 heterocycles. The largest absolute Gasteiger partial charge is 0.481 e. The Bertz CT molecular complexity index is 2170. The van der Waals surface area contributed by atoms with Gasteiger partial charge in [0, 0.05) is 61.0 Å². The number of pyridine rings is 1. The van der Waals surface area contributed by atoms with Crippen molar-refractivity contribution in [1.82, 2.24) is 35.9 Å². The number of benzene rings is 2. The molecule has 1 atom stereocenters. The van der Waals surface area contributed by atoms with E-state index in [0.29, 0.717) is 77.5 Å². The summed E-state index contributed by atoms with van der Waals surface area (Å²) in [6, 6.07) is 12.8. The van der Waals surface area contributed by atoms with Crippen LogP contribution in [0, 0.1) is 5.92 Å². The van der Waals surface area contributed by atoms with Gasteiger partial charge >= 0.3 is 12.6 Å². The molecule has 1 amide bonds. The number of carbonyl (C=O) groups is 2. The summed E-state index contributed by atoms with van der Waals surface area (Å²) < 4.78 is 32.6. The summed E-state index contributed by atoms with van der Waals surface area (Å²) in [5, 5.41) is 23.7. The molecule has 5 N–H and O–H groups in total. The molecular formula is C37H36Cl2F2N8O4S. The predicted octanol–water partition coefficient (Wildman–Crippen LogP) is 7.57. The molecule has 17 heteroatoms. The van der Waals surface area contributed by atoms with Gasteiger partial charge in [0.15, 0.2) is 5.82 Å². The van der Waals surface area contributed by atoms with Gasteiger partial charge in [-0.3, -0.25) is 14.6 Å². The van der Waals surface area contributed by atoms with Crippen molar-refractivity contribution < 1.29 is 28.2 Å². The number of nitrogens with one attached hydrogen (secondary N) is 4. The Morgan fingerprint density at radius 3 is 2.48 bits per heavy atom. The van der Waals surface area contributed by atoms with E-state index in [4.69, 9.17) is 32.9 Å². The summed E-state index contributed by atoms with van der Waals surface area (Å²) in [5.41, 5.74) is 3.30. The fourth-order valence-corrected chi connectivity index (χ4v) is 8.28. The van der Waals surface area contributed by atoms with Crippen molar-refractivity contribution in [3.05, 3.63) is 75.6 Å². The van der Waals surface area contributed by atoms with E-state index in [0.717, 1.165) is 22.5 Å². The third-order valence-corrected chi connectivity index (χ3v) is 11.4. The van der Waals surface area contributed by atoms with Crippen LogP contribution in [0.5, 0.6) is 5.88 Å². The third kappa shape index (κ3) is 8.71. The van der Waals surface area contributed by atoms with E-state index in [-0.39, 0.29) is 52.7 Å². The monoisotopic (exact) mass is 796 g/mol. The first kappa shape index (κ1) is 37.8. The van der Waals surface area contributed by atoms with E-state index >= 15 is 0 Å². The maximum Gasteiger partial charge on any atom is 0.388 e. The summed E-state index contributed by atoms with van der Waals surface area (Å²) in [5.74, 6) is -0.806. The van der Waals surface area contributed by atoms with Crippen molar-refractivity contribution >= 4 is 68.1 Å². The predicted molar refractivity (Wildman–Crippen MR) is 203 cm³/mol. The molecule has 1 saturated heterocycles. The third-order valence-electron chi connectivity index (χ3n) is 9.57. The number of alkyl halides is 2. The van der Waals surface area contributed by atoms with Gasteiger partial charge in [-0.25, -0.2) is 15.0 Å². The van der Waals surface area contributed by atoms with E-state index in [2.05, 4.69) is 36.2 Å². The molecule has 2 fully saturated rings. The average molecular weight is 798 g/mol. The highest BCUT2D eigenvalue weighted by atomic mass is 35.5. The molecule has 2 aliphatic rings. The second kappa shape index (κ2) is 16.9. The normalized spacial score (nSPS) is 18.6. The molecule has 12 nitrogen and oxygen atoms in total. The zero-order chi connectivity index (χ0) is 37.8. The number of fused-ring (bicyclic) bond motifs is 1. The molecule has 1 aliphatic heterocycles. The molecule has 3 aromatic heterocycles. The van der Waals surface area contributed by atoms with E-state index < -0.39 is 12.6 Å². The van der Waals surface area contributed by atoms with Gasteiger partial charge in [0.25, 0.3) is 0 Å². The highest BCUT2D eigenvalue weighted by molar-refractivity contribution is 7.18. The number of amides is 1. The number of hydrogen-bond donors (Lipinski definition) is 5. The lowest BCUT2D eigenvalue weighted by molar-refractivity contribution is -0.142. The van der Waals surface area contributed by atoms with Gasteiger partial charge in [-0.1, -0.05) is 53.5 Å². The Morgan fingerprint density at radius 2 is 1.74 bits per heavy atom. The number of anilines is 2. The average Bonchev–Trinajstić information content (AvgIpc) is 3.78. The number of carboxylic acids is 1. The first-order valence-corrected chi connectivity index (χ1v) is 19.1. The molecule has 2 aromatic carbocycles. The summed E-state index contributed by atoms with van der Waals surface area (Å²) in [7, 11) is 0. The number of thiazole rings is 1. The van der Waals surface area contributed by atoms with Crippen molar-refractivity contribution in [2.75, 3.05) is 11.9 Å². The lowest BCUT2D eigenvalue weighted by atomic mass is 9.86. The number of rotatable bonds is 14. The summed E-state index contributed by atoms with van der Waals surface area (Å²) in [6.07, 6.45) is 7.26. The second-order valence-corrected chi connectivity index (χ2v) is 15.0. The highest BCUT2D eigenvalue weighted by Gasteiger charge is 2.26. The number of nitrogens with zero attached hydrogens (tertiary/aromatic N) is 4. The molecule has 1 saturated carbocycles. The van der Waals surface area contributed by atoms with E-state index in [1.807, 2.05) is 24.3 Å². The van der Waals surface area contributed by atoms with Crippen LogP contribution in [-0.4, -0.2) is 62.2 Å². The topological polar surface area (TPSA) is 163 Å². The molecule has 282 valence electrons. The molecule has 0 spiro atoms. The van der Waals surface area contributed by atoms with Gasteiger partial charge in [-0.2, -0.15) is 8.78 Å². The second-order valence-electron chi connectivity index (χ2n) is 13.2. The van der Waals surface area contributed by atoms with E-state index in [1.165, 1.54) is 6.20 Å². The maximum atomic E-state index is 13.4. The first-order valence-electron chi connectivity index (χ1n) is 17.5. The first-order chi connectivity index (χ1) is 26.1. The fourth-order valence-electron chi connectivity index (χ4n) is 6.77. The van der Waals surface area contributed by atoms with Crippen LogP contribution in [0.3, 0.4) is 0 Å². The van der Waals surface area contributed by atoms with Crippen LogP contribution in [-0.2, 0) is 22.7 Å². The van der Waals surface area contributed by atoms with Gasteiger partial charge in [0.05, 0.1) is 38.2 Å². The van der Waals surface area contributed by atoms with E-state index in [9.17, 15) is 23.5 Å². The van der Waals surface area contributed by atoms with Crippen molar-refractivity contribution in [3.63, 3.8) is 0 Å². The van der Waals surface area contributed by atoms with Crippen molar-refractivity contribution in [3.8, 4) is 28.3 Å². The standard InChI is InChI=1S/C37H36Cl2F2N8O4S/c38-31-22(3-1-5-24(31)26-17-45-27(35(48-26)53-37(40)41)16-42-15-21-11-12-29(50)46-21)23-4-2-6-25(32(23)39)47-34-33-28(13-14-43-34)54-30(49-33)18-44-20-9-7-19(8-10-20)36(51)52/h1-6,13-14,17,19-21,37,42,44H,7-12,15-16,18H2,(H,43,47)(H,46,50)(H,51,52)/t19-,20-,21-/m0/s1. The molecule has 0 radical (unpaired) electrons. The minimum Gasteiger partial charge on any atom is -0.481 e. The van der Waals surface area contributed by atoms with Crippen molar-refractivity contribution in [2.24, 2.45) is 5.92 Å². The van der Waals surface area contributed by atoms with Crippen LogP contribution in [0.4, 0.5) is 20.3 Å². The molecule has 54 heavy (non-hydrogen) atoms. The molecule has 5 aromatic rings. The van der Waals surface area contributed by atoms with E-state index in [1.54, 1.807) is 35.7 Å². The Hall–Kier alpha value is -4.54.